The summed E-state index contributed by atoms with van der Waals surface area (Å²) in [6.45, 7) is -0.251. The Morgan fingerprint density at radius 1 is 1.12 bits per heavy atom. The largest absolute Gasteiger partial charge is 0.311 e. The van der Waals surface area contributed by atoms with Gasteiger partial charge in [-0.05, 0) is 34.7 Å². The number of pyridine rings is 1. The van der Waals surface area contributed by atoms with E-state index in [0.29, 0.717) is 22.9 Å². The molecule has 122 valence electrons. The number of hydroxylamine groups is 1. The first-order chi connectivity index (χ1) is 11.6. The van der Waals surface area contributed by atoms with Crippen LogP contribution in [0.4, 0.5) is 4.39 Å². The number of nitrogens with one attached hydrogen (secondary N) is 1. The van der Waals surface area contributed by atoms with Gasteiger partial charge in [0.2, 0.25) is 0 Å². The maximum Gasteiger partial charge on any atom is 0.274 e. The van der Waals surface area contributed by atoms with Crippen LogP contribution in [0.5, 0.6) is 0 Å². The van der Waals surface area contributed by atoms with Gasteiger partial charge in [-0.3, -0.25) is 14.8 Å². The topological polar surface area (TPSA) is 71.3 Å². The molecule has 6 heteroatoms. The molecule has 0 atom stereocenters. The molecule has 1 amide bonds. The van der Waals surface area contributed by atoms with E-state index in [4.69, 9.17) is 5.21 Å². The Balaban J connectivity index is 2.04. The van der Waals surface area contributed by atoms with Crippen LogP contribution < -0.4 is 11.0 Å². The number of carbonyl (C=O) groups excluding carboxylic acids is 1. The molecule has 0 aliphatic carbocycles. The highest BCUT2D eigenvalue weighted by Crippen LogP contribution is 2.14. The number of nitrogens with zero attached hydrogens (tertiary/aromatic N) is 1. The third-order valence-corrected chi connectivity index (χ3v) is 3.84. The van der Waals surface area contributed by atoms with Crippen molar-refractivity contribution in [1.29, 1.82) is 0 Å². The molecule has 0 unspecified atom stereocenters. The van der Waals surface area contributed by atoms with Crippen molar-refractivity contribution >= 4 is 16.7 Å². The molecule has 0 radical (unpaired) electrons. The molecule has 5 nitrogen and oxygen atoms in total. The van der Waals surface area contributed by atoms with E-state index < -0.39 is 12.6 Å². The smallest absolute Gasteiger partial charge is 0.274 e. The van der Waals surface area contributed by atoms with Gasteiger partial charge in [0.15, 0.2) is 0 Å². The molecule has 2 aromatic carbocycles. The van der Waals surface area contributed by atoms with Crippen molar-refractivity contribution in [2.24, 2.45) is 0 Å². The lowest BCUT2D eigenvalue weighted by atomic mass is 10.1. The maximum atomic E-state index is 12.8. The second-order valence-electron chi connectivity index (χ2n) is 5.45. The summed E-state index contributed by atoms with van der Waals surface area (Å²) in [5, 5.41) is 9.79. The zero-order chi connectivity index (χ0) is 17.1. The Kier molecular flexibility index (Phi) is 4.39. The molecular weight excluding hydrogens is 311 g/mol. The van der Waals surface area contributed by atoms with Gasteiger partial charge in [0, 0.05) is 17.1 Å². The van der Waals surface area contributed by atoms with Crippen LogP contribution in [0.1, 0.15) is 21.5 Å². The Morgan fingerprint density at radius 3 is 2.67 bits per heavy atom. The highest BCUT2D eigenvalue weighted by molar-refractivity contribution is 5.97. The number of halogens is 1. The number of amides is 1. The minimum Gasteiger partial charge on any atom is -0.311 e. The molecular formula is C18H15FN2O3. The van der Waals surface area contributed by atoms with Gasteiger partial charge in [0.1, 0.15) is 6.67 Å². The van der Waals surface area contributed by atoms with Gasteiger partial charge in [-0.2, -0.15) is 0 Å². The van der Waals surface area contributed by atoms with Crippen LogP contribution in [0.15, 0.2) is 59.5 Å². The molecule has 0 fully saturated rings. The molecule has 1 heterocycles. The second-order valence-corrected chi connectivity index (χ2v) is 5.45. The van der Waals surface area contributed by atoms with E-state index in [2.05, 4.69) is 0 Å². The molecule has 0 bridgehead atoms. The number of fused-ring (bicyclic) bond motifs is 1. The summed E-state index contributed by atoms with van der Waals surface area (Å²) < 4.78 is 14.3. The number of hydrogen-bond donors (Lipinski definition) is 2. The van der Waals surface area contributed by atoms with E-state index in [1.54, 1.807) is 42.0 Å². The highest BCUT2D eigenvalue weighted by Gasteiger charge is 2.09. The van der Waals surface area contributed by atoms with Crippen LogP contribution in [-0.2, 0) is 13.2 Å². The van der Waals surface area contributed by atoms with E-state index in [9.17, 15) is 14.0 Å². The molecule has 0 saturated carbocycles. The lowest BCUT2D eigenvalue weighted by Gasteiger charge is -2.09. The number of aromatic nitrogens is 1. The van der Waals surface area contributed by atoms with Crippen LogP contribution in [0.3, 0.4) is 0 Å². The fourth-order valence-corrected chi connectivity index (χ4v) is 2.62. The SMILES string of the molecule is O=C(NO)c1ccc2ccn(Cc3cccc(CF)c3)c(=O)c2c1. The van der Waals surface area contributed by atoms with Crippen LogP contribution >= 0.6 is 0 Å². The van der Waals surface area contributed by atoms with Crippen LogP contribution in [0.2, 0.25) is 0 Å². The zero-order valence-corrected chi connectivity index (χ0v) is 12.7. The van der Waals surface area contributed by atoms with E-state index in [1.165, 1.54) is 16.7 Å². The van der Waals surface area contributed by atoms with E-state index >= 15 is 0 Å². The summed E-state index contributed by atoms with van der Waals surface area (Å²) in [5.74, 6) is -0.678. The van der Waals surface area contributed by atoms with Crippen molar-refractivity contribution in [2.75, 3.05) is 0 Å². The van der Waals surface area contributed by atoms with Gasteiger partial charge in [-0.1, -0.05) is 30.3 Å². The molecule has 0 aliphatic rings. The van der Waals surface area contributed by atoms with Gasteiger partial charge < -0.3 is 4.57 Å². The van der Waals surface area contributed by atoms with Crippen LogP contribution in [-0.4, -0.2) is 15.7 Å². The van der Waals surface area contributed by atoms with E-state index in [0.717, 1.165) is 5.56 Å². The lowest BCUT2D eigenvalue weighted by Crippen LogP contribution is -2.22. The molecule has 0 saturated heterocycles. The van der Waals surface area contributed by atoms with Gasteiger partial charge >= 0.3 is 0 Å². The normalized spacial score (nSPS) is 10.8. The first-order valence-corrected chi connectivity index (χ1v) is 7.34. The van der Waals surface area contributed by atoms with Gasteiger partial charge in [-0.25, -0.2) is 9.87 Å². The summed E-state index contributed by atoms with van der Waals surface area (Å²) in [6.07, 6.45) is 1.67. The maximum absolute atomic E-state index is 12.8. The Bertz CT molecular complexity index is 966. The van der Waals surface area contributed by atoms with Crippen LogP contribution in [0, 0.1) is 0 Å². The minimum absolute atomic E-state index is 0.194. The number of alkyl halides is 1. The van der Waals surface area contributed by atoms with Gasteiger partial charge in [0.25, 0.3) is 11.5 Å². The molecule has 1 aromatic heterocycles. The predicted octanol–water partition coefficient (Wildman–Crippen LogP) is 2.64. The van der Waals surface area contributed by atoms with E-state index in [-0.39, 0.29) is 11.1 Å². The van der Waals surface area contributed by atoms with Crippen molar-refractivity contribution in [2.45, 2.75) is 13.2 Å². The fraction of sp³-hybridized carbons (Fsp3) is 0.111. The number of rotatable bonds is 4. The van der Waals surface area contributed by atoms with E-state index in [1.807, 2.05) is 6.07 Å². The highest BCUT2D eigenvalue weighted by atomic mass is 19.1. The summed E-state index contributed by atoms with van der Waals surface area (Å²) in [5.41, 5.74) is 2.86. The Labute approximate surface area is 136 Å². The number of carbonyl (C=O) groups is 1. The van der Waals surface area contributed by atoms with Crippen molar-refractivity contribution in [3.8, 4) is 0 Å². The second kappa shape index (κ2) is 6.64. The summed E-state index contributed by atoms with van der Waals surface area (Å²) in [7, 11) is 0. The average molecular weight is 326 g/mol. The molecule has 3 rings (SSSR count). The first-order valence-electron chi connectivity index (χ1n) is 7.34. The monoisotopic (exact) mass is 326 g/mol. The van der Waals surface area contributed by atoms with Crippen molar-refractivity contribution in [3.05, 3.63) is 81.8 Å². The van der Waals surface area contributed by atoms with Gasteiger partial charge in [0.05, 0.1) is 6.54 Å². The first kappa shape index (κ1) is 15.9. The Morgan fingerprint density at radius 2 is 1.92 bits per heavy atom. The Hall–Kier alpha value is -2.99. The quantitative estimate of drug-likeness (QED) is 0.572. The third kappa shape index (κ3) is 3.04. The van der Waals surface area contributed by atoms with Crippen molar-refractivity contribution < 1.29 is 14.4 Å². The average Bonchev–Trinajstić information content (AvgIpc) is 2.63. The number of benzene rings is 2. The summed E-state index contributed by atoms with van der Waals surface area (Å²) in [4.78, 5) is 24.2. The number of hydrogen-bond acceptors (Lipinski definition) is 3. The lowest BCUT2D eigenvalue weighted by molar-refractivity contribution is 0.0706. The predicted molar refractivity (Wildman–Crippen MR) is 87.8 cm³/mol. The standard InChI is InChI=1S/C18H15FN2O3/c19-10-12-2-1-3-13(8-12)11-21-7-6-14-4-5-15(17(22)20-24)9-16(14)18(21)23/h1-9,24H,10-11H2,(H,20,22). The molecule has 24 heavy (non-hydrogen) atoms. The van der Waals surface area contributed by atoms with Crippen molar-refractivity contribution in [3.63, 3.8) is 0 Å². The summed E-state index contributed by atoms with van der Waals surface area (Å²) >= 11 is 0. The fourth-order valence-electron chi connectivity index (χ4n) is 2.62. The molecule has 2 N–H and O–H groups in total. The molecule has 3 aromatic rings. The van der Waals surface area contributed by atoms with Crippen molar-refractivity contribution in [1.82, 2.24) is 10.0 Å². The minimum atomic E-state index is -0.678. The van der Waals surface area contributed by atoms with Gasteiger partial charge in [-0.15, -0.1) is 0 Å². The third-order valence-electron chi connectivity index (χ3n) is 3.84. The summed E-state index contributed by atoms with van der Waals surface area (Å²) in [6, 6.07) is 13.4. The zero-order valence-electron chi connectivity index (χ0n) is 12.7. The molecule has 0 spiro atoms. The van der Waals surface area contributed by atoms with Crippen LogP contribution in [0.25, 0.3) is 10.8 Å². The molecule has 0 aliphatic heterocycles.